The molecule has 0 aliphatic heterocycles. The highest BCUT2D eigenvalue weighted by atomic mass is 35.5. The monoisotopic (exact) mass is 399 g/mol. The summed E-state index contributed by atoms with van der Waals surface area (Å²) in [6.45, 7) is 3.14. The molecule has 0 fully saturated rings. The number of hydrogen-bond acceptors (Lipinski definition) is 4. The van der Waals surface area contributed by atoms with Crippen molar-refractivity contribution < 1.29 is 14.2 Å². The van der Waals surface area contributed by atoms with Gasteiger partial charge in [-0.15, -0.1) is 0 Å². The van der Waals surface area contributed by atoms with Gasteiger partial charge in [0.15, 0.2) is 5.75 Å². The van der Waals surface area contributed by atoms with E-state index in [1.54, 1.807) is 19.4 Å². The van der Waals surface area contributed by atoms with E-state index in [9.17, 15) is 4.79 Å². The highest BCUT2D eigenvalue weighted by Crippen LogP contribution is 2.20. The number of nitrogens with zero attached hydrogens (tertiary/aromatic N) is 1. The minimum atomic E-state index is -0.156. The number of rotatable bonds is 8. The fourth-order valence-corrected chi connectivity index (χ4v) is 2.96. The fourth-order valence-electron chi connectivity index (χ4n) is 2.77. The Kier molecular flexibility index (Phi) is 6.61. The van der Waals surface area contributed by atoms with Crippen LogP contribution >= 0.6 is 11.6 Å². The van der Waals surface area contributed by atoms with E-state index in [0.717, 1.165) is 22.8 Å². The van der Waals surface area contributed by atoms with Gasteiger partial charge >= 0.3 is 0 Å². The lowest BCUT2D eigenvalue weighted by molar-refractivity contribution is 0.283. The molecule has 0 aliphatic rings. The van der Waals surface area contributed by atoms with Crippen LogP contribution in [-0.4, -0.2) is 18.3 Å². The molecule has 1 aromatic heterocycles. The van der Waals surface area contributed by atoms with Gasteiger partial charge in [-0.1, -0.05) is 29.8 Å². The molecule has 0 radical (unpaired) electrons. The van der Waals surface area contributed by atoms with Crippen molar-refractivity contribution in [3.05, 3.63) is 87.3 Å². The van der Waals surface area contributed by atoms with E-state index in [-0.39, 0.29) is 12.0 Å². The molecule has 0 amide bonds. The van der Waals surface area contributed by atoms with Crippen LogP contribution < -0.4 is 19.6 Å². The lowest BCUT2D eigenvalue weighted by atomic mass is 10.2. The van der Waals surface area contributed by atoms with Gasteiger partial charge in [0.25, 0.3) is 0 Å². The molecule has 0 spiro atoms. The van der Waals surface area contributed by atoms with Gasteiger partial charge in [-0.05, 0) is 37.3 Å². The predicted octanol–water partition coefficient (Wildman–Crippen LogP) is 4.48. The first kappa shape index (κ1) is 19.8. The molecule has 6 heteroatoms. The number of halogens is 1. The van der Waals surface area contributed by atoms with E-state index in [1.807, 2.05) is 54.0 Å². The first-order valence-corrected chi connectivity index (χ1v) is 9.29. The first-order chi connectivity index (χ1) is 13.6. The zero-order valence-corrected chi connectivity index (χ0v) is 16.6. The molecule has 0 unspecified atom stereocenters. The van der Waals surface area contributed by atoms with Crippen molar-refractivity contribution in [1.29, 1.82) is 0 Å². The zero-order chi connectivity index (χ0) is 19.9. The maximum absolute atomic E-state index is 12.2. The third-order valence-electron chi connectivity index (χ3n) is 4.38. The summed E-state index contributed by atoms with van der Waals surface area (Å²) < 4.78 is 18.6. The van der Waals surface area contributed by atoms with Crippen LogP contribution in [0.15, 0.2) is 65.6 Å². The molecule has 3 rings (SSSR count). The molecular weight excluding hydrogens is 378 g/mol. The molecular formula is C22H22ClNO4. The second kappa shape index (κ2) is 9.33. The van der Waals surface area contributed by atoms with Crippen molar-refractivity contribution in [3.63, 3.8) is 0 Å². The Morgan fingerprint density at radius 3 is 2.39 bits per heavy atom. The largest absolute Gasteiger partial charge is 0.497 e. The van der Waals surface area contributed by atoms with E-state index in [0.29, 0.717) is 23.9 Å². The van der Waals surface area contributed by atoms with E-state index in [4.69, 9.17) is 25.8 Å². The average molecular weight is 400 g/mol. The summed E-state index contributed by atoms with van der Waals surface area (Å²) in [6.07, 6.45) is 1.75. The van der Waals surface area contributed by atoms with Crippen LogP contribution in [0.25, 0.3) is 0 Å². The van der Waals surface area contributed by atoms with Crippen molar-refractivity contribution in [3.8, 4) is 17.2 Å². The van der Waals surface area contributed by atoms with Crippen LogP contribution in [0.3, 0.4) is 0 Å². The number of methoxy groups -OCH3 is 1. The van der Waals surface area contributed by atoms with Gasteiger partial charge in [0, 0.05) is 22.8 Å². The Balaban J connectivity index is 1.64. The highest BCUT2D eigenvalue weighted by molar-refractivity contribution is 6.31. The second-order valence-corrected chi connectivity index (χ2v) is 6.60. The summed E-state index contributed by atoms with van der Waals surface area (Å²) in [7, 11) is 1.63. The third kappa shape index (κ3) is 4.87. The Morgan fingerprint density at radius 1 is 0.964 bits per heavy atom. The summed E-state index contributed by atoms with van der Waals surface area (Å²) in [5.41, 5.74) is 1.43. The van der Waals surface area contributed by atoms with Crippen LogP contribution in [0, 0.1) is 6.92 Å². The van der Waals surface area contributed by atoms with Gasteiger partial charge in [0.2, 0.25) is 5.43 Å². The van der Waals surface area contributed by atoms with Crippen LogP contribution in [0.4, 0.5) is 0 Å². The van der Waals surface area contributed by atoms with E-state index >= 15 is 0 Å². The number of pyridine rings is 1. The number of aromatic nitrogens is 1. The lowest BCUT2D eigenvalue weighted by Crippen LogP contribution is -2.17. The van der Waals surface area contributed by atoms with Crippen molar-refractivity contribution in [1.82, 2.24) is 4.57 Å². The normalized spacial score (nSPS) is 10.5. The van der Waals surface area contributed by atoms with Gasteiger partial charge in [0.05, 0.1) is 19.3 Å². The number of hydrogen-bond donors (Lipinski definition) is 0. The summed E-state index contributed by atoms with van der Waals surface area (Å²) in [5.74, 6) is 1.87. The molecule has 2 aromatic carbocycles. The Labute approximate surface area is 169 Å². The highest BCUT2D eigenvalue weighted by Gasteiger charge is 2.10. The van der Waals surface area contributed by atoms with Crippen LogP contribution in [0.5, 0.6) is 17.2 Å². The number of ether oxygens (including phenoxy) is 3. The summed E-state index contributed by atoms with van der Waals surface area (Å²) in [6, 6.07) is 16.3. The molecule has 5 nitrogen and oxygen atoms in total. The maximum atomic E-state index is 12.2. The summed E-state index contributed by atoms with van der Waals surface area (Å²) in [4.78, 5) is 12.2. The SMILES string of the molecule is COc1ccc(OCCn2ccc(=O)c(OCc3ccccc3Cl)c2C)cc1. The molecule has 146 valence electrons. The van der Waals surface area contributed by atoms with E-state index in [2.05, 4.69) is 0 Å². The predicted molar refractivity (Wildman–Crippen MR) is 110 cm³/mol. The minimum absolute atomic E-state index is 0.156. The molecule has 0 bridgehead atoms. The second-order valence-electron chi connectivity index (χ2n) is 6.19. The average Bonchev–Trinajstić information content (AvgIpc) is 2.71. The fraction of sp³-hybridized carbons (Fsp3) is 0.227. The molecule has 0 N–H and O–H groups in total. The van der Waals surface area contributed by atoms with Crippen molar-refractivity contribution in [2.45, 2.75) is 20.1 Å². The zero-order valence-electron chi connectivity index (χ0n) is 15.9. The molecule has 0 aliphatic carbocycles. The van der Waals surface area contributed by atoms with Crippen LogP contribution in [0.1, 0.15) is 11.3 Å². The lowest BCUT2D eigenvalue weighted by Gasteiger charge is -2.16. The van der Waals surface area contributed by atoms with Gasteiger partial charge < -0.3 is 18.8 Å². The van der Waals surface area contributed by atoms with E-state index < -0.39 is 0 Å². The Morgan fingerprint density at radius 2 is 1.68 bits per heavy atom. The quantitative estimate of drug-likeness (QED) is 0.560. The summed E-state index contributed by atoms with van der Waals surface area (Å²) in [5, 5.41) is 0.615. The minimum Gasteiger partial charge on any atom is -0.497 e. The van der Waals surface area contributed by atoms with Crippen molar-refractivity contribution in [2.24, 2.45) is 0 Å². The Hall–Kier alpha value is -2.92. The summed E-state index contributed by atoms with van der Waals surface area (Å²) >= 11 is 6.16. The van der Waals surface area contributed by atoms with Crippen LogP contribution in [0.2, 0.25) is 5.02 Å². The van der Waals surface area contributed by atoms with Gasteiger partial charge in [-0.25, -0.2) is 0 Å². The maximum Gasteiger partial charge on any atom is 0.223 e. The van der Waals surface area contributed by atoms with Crippen LogP contribution in [-0.2, 0) is 13.2 Å². The molecule has 0 saturated heterocycles. The molecule has 0 saturated carbocycles. The van der Waals surface area contributed by atoms with Crippen molar-refractivity contribution in [2.75, 3.05) is 13.7 Å². The van der Waals surface area contributed by atoms with Crippen molar-refractivity contribution >= 4 is 11.6 Å². The third-order valence-corrected chi connectivity index (χ3v) is 4.75. The van der Waals surface area contributed by atoms with Gasteiger partial charge in [-0.3, -0.25) is 4.79 Å². The Bertz CT molecular complexity index is 983. The molecule has 1 heterocycles. The topological polar surface area (TPSA) is 49.7 Å². The first-order valence-electron chi connectivity index (χ1n) is 8.91. The van der Waals surface area contributed by atoms with E-state index in [1.165, 1.54) is 6.07 Å². The molecule has 3 aromatic rings. The molecule has 28 heavy (non-hydrogen) atoms. The van der Waals surface area contributed by atoms with Gasteiger partial charge in [-0.2, -0.15) is 0 Å². The number of benzene rings is 2. The smallest absolute Gasteiger partial charge is 0.223 e. The standard InChI is InChI=1S/C22H22ClNO4/c1-16-22(28-15-17-5-3-4-6-20(17)23)21(25)11-12-24(16)13-14-27-19-9-7-18(26-2)8-10-19/h3-12H,13-15H2,1-2H3. The van der Waals surface area contributed by atoms with Gasteiger partial charge in [0.1, 0.15) is 24.7 Å². The molecule has 0 atom stereocenters.